The molecule has 2 atom stereocenters. The number of nitriles is 1. The van der Waals surface area contributed by atoms with Crippen LogP contribution in [-0.4, -0.2) is 23.2 Å². The third-order valence-electron chi connectivity index (χ3n) is 4.71. The number of nitrogens with one attached hydrogen (secondary N) is 2. The lowest BCUT2D eigenvalue weighted by Crippen LogP contribution is -2.30. The summed E-state index contributed by atoms with van der Waals surface area (Å²) in [5.74, 6) is -0.339. The molecule has 2 heterocycles. The summed E-state index contributed by atoms with van der Waals surface area (Å²) >= 11 is 9.52. The maximum atomic E-state index is 9.77. The van der Waals surface area contributed by atoms with Crippen LogP contribution < -0.4 is 9.47 Å². The van der Waals surface area contributed by atoms with Crippen molar-refractivity contribution in [1.82, 2.24) is 10.2 Å². The molecule has 28 heavy (non-hydrogen) atoms. The molecule has 0 bridgehead atoms. The van der Waals surface area contributed by atoms with E-state index < -0.39 is 11.8 Å². The van der Waals surface area contributed by atoms with E-state index in [1.807, 2.05) is 30.3 Å². The highest BCUT2D eigenvalue weighted by atomic mass is 79.9. The van der Waals surface area contributed by atoms with Gasteiger partial charge in [0, 0.05) is 16.5 Å². The van der Waals surface area contributed by atoms with Crippen LogP contribution in [-0.2, 0) is 0 Å². The quantitative estimate of drug-likeness (QED) is 0.569. The Balaban J connectivity index is 1.92. The van der Waals surface area contributed by atoms with Gasteiger partial charge < -0.3 is 9.47 Å². The Hall–Kier alpha value is -2.82. The number of hydrogen-bond donors (Lipinski definition) is 2. The standard InChI is InChI=1S/C20H14BrClN4O2/c1-27-15-7-4-11(8-14(15)21)16-13(9-23)19(24)28-20-17(16)18(25-26-20)10-2-5-12(22)6-3-10/h2-8,13,16,24H,1H3,(H,25,26). The Morgan fingerprint density at radius 2 is 2.04 bits per heavy atom. The molecule has 8 heteroatoms. The number of halogens is 2. The molecule has 3 aromatic rings. The van der Waals surface area contributed by atoms with E-state index in [-0.39, 0.29) is 5.90 Å². The van der Waals surface area contributed by atoms with E-state index in [1.165, 1.54) is 0 Å². The highest BCUT2D eigenvalue weighted by Gasteiger charge is 2.41. The fraction of sp³-hybridized carbons (Fsp3) is 0.150. The topological polar surface area (TPSA) is 94.8 Å². The minimum Gasteiger partial charge on any atom is -0.496 e. The summed E-state index contributed by atoms with van der Waals surface area (Å²) in [4.78, 5) is 0. The van der Waals surface area contributed by atoms with Crippen molar-refractivity contribution in [2.75, 3.05) is 7.11 Å². The van der Waals surface area contributed by atoms with Crippen molar-refractivity contribution >= 4 is 33.4 Å². The lowest BCUT2D eigenvalue weighted by atomic mass is 9.79. The largest absolute Gasteiger partial charge is 0.496 e. The van der Waals surface area contributed by atoms with Crippen molar-refractivity contribution in [3.63, 3.8) is 0 Å². The van der Waals surface area contributed by atoms with Crippen molar-refractivity contribution in [2.45, 2.75) is 5.92 Å². The van der Waals surface area contributed by atoms with Crippen LogP contribution in [0.25, 0.3) is 11.3 Å². The molecule has 1 aliphatic heterocycles. The molecular weight excluding hydrogens is 444 g/mol. The number of hydrogen-bond acceptors (Lipinski definition) is 5. The molecule has 0 aliphatic carbocycles. The fourth-order valence-electron chi connectivity index (χ4n) is 3.39. The minimum atomic E-state index is -0.781. The van der Waals surface area contributed by atoms with Crippen molar-refractivity contribution < 1.29 is 9.47 Å². The number of fused-ring (bicyclic) bond motifs is 1. The molecule has 140 valence electrons. The molecule has 2 N–H and O–H groups in total. The second-order valence-corrected chi connectivity index (χ2v) is 7.56. The van der Waals surface area contributed by atoms with Crippen molar-refractivity contribution in [1.29, 1.82) is 10.7 Å². The van der Waals surface area contributed by atoms with Gasteiger partial charge in [-0.2, -0.15) is 5.26 Å². The van der Waals surface area contributed by atoms with Crippen LogP contribution in [0.1, 0.15) is 17.0 Å². The van der Waals surface area contributed by atoms with E-state index in [0.717, 1.165) is 26.9 Å². The first-order chi connectivity index (χ1) is 13.5. The maximum Gasteiger partial charge on any atom is 0.244 e. The first-order valence-corrected chi connectivity index (χ1v) is 9.54. The predicted octanol–water partition coefficient (Wildman–Crippen LogP) is 5.14. The molecule has 0 amide bonds. The van der Waals surface area contributed by atoms with Gasteiger partial charge in [0.05, 0.1) is 28.9 Å². The predicted molar refractivity (Wildman–Crippen MR) is 109 cm³/mol. The molecule has 2 aromatic carbocycles. The first-order valence-electron chi connectivity index (χ1n) is 8.37. The second kappa shape index (κ2) is 7.30. The molecule has 0 spiro atoms. The van der Waals surface area contributed by atoms with E-state index in [1.54, 1.807) is 19.2 Å². The summed E-state index contributed by atoms with van der Waals surface area (Å²) in [5.41, 5.74) is 3.19. The van der Waals surface area contributed by atoms with Gasteiger partial charge in [-0.25, -0.2) is 0 Å². The van der Waals surface area contributed by atoms with Gasteiger partial charge in [0.1, 0.15) is 11.7 Å². The van der Waals surface area contributed by atoms with Gasteiger partial charge in [0.25, 0.3) is 0 Å². The zero-order chi connectivity index (χ0) is 19.8. The van der Waals surface area contributed by atoms with Gasteiger partial charge in [0.15, 0.2) is 0 Å². The summed E-state index contributed by atoms with van der Waals surface area (Å²) in [6, 6.07) is 15.1. The Kier molecular flexibility index (Phi) is 4.84. The smallest absolute Gasteiger partial charge is 0.244 e. The normalized spacial score (nSPS) is 18.1. The van der Waals surface area contributed by atoms with E-state index in [4.69, 9.17) is 26.5 Å². The van der Waals surface area contributed by atoms with Crippen LogP contribution in [0.4, 0.5) is 0 Å². The average molecular weight is 458 g/mol. The number of nitrogens with zero attached hydrogens (tertiary/aromatic N) is 2. The lowest BCUT2D eigenvalue weighted by molar-refractivity contribution is 0.411. The fourth-order valence-corrected chi connectivity index (χ4v) is 4.08. The van der Waals surface area contributed by atoms with Crippen LogP contribution in [0, 0.1) is 22.7 Å². The summed E-state index contributed by atoms with van der Waals surface area (Å²) in [6.45, 7) is 0. The van der Waals surface area contributed by atoms with Crippen molar-refractivity contribution in [2.24, 2.45) is 5.92 Å². The van der Waals surface area contributed by atoms with Gasteiger partial charge in [-0.1, -0.05) is 29.8 Å². The number of H-pyrrole nitrogens is 1. The van der Waals surface area contributed by atoms with Gasteiger partial charge in [-0.05, 0) is 45.8 Å². The number of ether oxygens (including phenoxy) is 2. The molecule has 6 nitrogen and oxygen atoms in total. The monoisotopic (exact) mass is 456 g/mol. The van der Waals surface area contributed by atoms with E-state index in [0.29, 0.717) is 16.7 Å². The summed E-state index contributed by atoms with van der Waals surface area (Å²) in [6.07, 6.45) is 0. The van der Waals surface area contributed by atoms with E-state index in [9.17, 15) is 5.26 Å². The molecule has 1 aliphatic rings. The number of rotatable bonds is 3. The van der Waals surface area contributed by atoms with Gasteiger partial charge in [0.2, 0.25) is 11.8 Å². The zero-order valence-corrected chi connectivity index (χ0v) is 17.0. The second-order valence-electron chi connectivity index (χ2n) is 6.27. The van der Waals surface area contributed by atoms with Crippen LogP contribution in [0.3, 0.4) is 0 Å². The third kappa shape index (κ3) is 3.05. The summed E-state index contributed by atoms with van der Waals surface area (Å²) in [5, 5.41) is 25.8. The molecule has 4 rings (SSSR count). The molecule has 0 saturated carbocycles. The lowest BCUT2D eigenvalue weighted by Gasteiger charge is -2.28. The Morgan fingerprint density at radius 1 is 1.29 bits per heavy atom. The highest BCUT2D eigenvalue weighted by Crippen LogP contribution is 2.46. The first kappa shape index (κ1) is 18.5. The molecular formula is C20H14BrClN4O2. The number of aromatic amines is 1. The third-order valence-corrected chi connectivity index (χ3v) is 5.58. The zero-order valence-electron chi connectivity index (χ0n) is 14.7. The highest BCUT2D eigenvalue weighted by molar-refractivity contribution is 9.10. The SMILES string of the molecule is COc1ccc(C2c3c(n[nH]c3-c3ccc(Cl)cc3)OC(=N)C2C#N)cc1Br. The van der Waals surface area contributed by atoms with Crippen molar-refractivity contribution in [3.8, 4) is 29.0 Å². The van der Waals surface area contributed by atoms with E-state index in [2.05, 4.69) is 32.2 Å². The van der Waals surface area contributed by atoms with Gasteiger partial charge in [-0.15, -0.1) is 5.10 Å². The number of aromatic nitrogens is 2. The molecule has 1 aromatic heterocycles. The molecule has 0 radical (unpaired) electrons. The van der Waals surface area contributed by atoms with Gasteiger partial charge >= 0.3 is 0 Å². The Labute approximate surface area is 174 Å². The molecule has 0 saturated heterocycles. The summed E-state index contributed by atoms with van der Waals surface area (Å²) < 4.78 is 11.6. The van der Waals surface area contributed by atoms with Gasteiger partial charge in [-0.3, -0.25) is 10.5 Å². The maximum absolute atomic E-state index is 9.77. The molecule has 0 fully saturated rings. The van der Waals surface area contributed by atoms with Crippen LogP contribution in [0.5, 0.6) is 11.6 Å². The van der Waals surface area contributed by atoms with Crippen LogP contribution in [0.15, 0.2) is 46.9 Å². The van der Waals surface area contributed by atoms with E-state index >= 15 is 0 Å². The van der Waals surface area contributed by atoms with Crippen molar-refractivity contribution in [3.05, 3.63) is 63.1 Å². The van der Waals surface area contributed by atoms with Crippen LogP contribution in [0.2, 0.25) is 5.02 Å². The minimum absolute atomic E-state index is 0.124. The number of methoxy groups -OCH3 is 1. The van der Waals surface area contributed by atoms with Crippen LogP contribution >= 0.6 is 27.5 Å². The summed E-state index contributed by atoms with van der Waals surface area (Å²) in [7, 11) is 1.59. The average Bonchev–Trinajstić information content (AvgIpc) is 3.10. The Morgan fingerprint density at radius 3 is 2.68 bits per heavy atom. The number of benzene rings is 2. The Bertz CT molecular complexity index is 1100. The molecule has 2 unspecified atom stereocenters.